The Morgan fingerprint density at radius 2 is 2.10 bits per heavy atom. The molecule has 0 fully saturated rings. The summed E-state index contributed by atoms with van der Waals surface area (Å²) in [5.41, 5.74) is -0.442. The first-order valence-corrected chi connectivity index (χ1v) is 8.92. The molecule has 1 rings (SSSR count). The quantitative estimate of drug-likeness (QED) is 0.570. The van der Waals surface area contributed by atoms with Crippen molar-refractivity contribution in [3.05, 3.63) is 27.7 Å². The van der Waals surface area contributed by atoms with Crippen LogP contribution in [0.4, 0.5) is 0 Å². The maximum absolute atomic E-state index is 12.1. The minimum atomic E-state index is -3.92. The van der Waals surface area contributed by atoms with Gasteiger partial charge in [-0.2, -0.15) is 0 Å². The Hall–Kier alpha value is -0.910. The highest BCUT2D eigenvalue weighted by molar-refractivity contribution is 7.99. The average Bonchev–Trinajstić information content (AvgIpc) is 2.37. The summed E-state index contributed by atoms with van der Waals surface area (Å²) in [5.74, 6) is 1.99. The van der Waals surface area contributed by atoms with Gasteiger partial charge < -0.3 is 5.11 Å². The second-order valence-corrected chi connectivity index (χ2v) is 7.32. The molecule has 0 saturated heterocycles. The zero-order valence-electron chi connectivity index (χ0n) is 10.6. The summed E-state index contributed by atoms with van der Waals surface area (Å²) >= 11 is 12.9. The number of hydrogen-bond acceptors (Lipinski definition) is 4. The van der Waals surface area contributed by atoms with E-state index in [2.05, 4.69) is 10.6 Å². The maximum atomic E-state index is 12.1. The summed E-state index contributed by atoms with van der Waals surface area (Å²) in [6.07, 6.45) is 5.07. The average molecular weight is 368 g/mol. The number of nitrogens with one attached hydrogen (secondary N) is 1. The lowest BCUT2D eigenvalue weighted by molar-refractivity contribution is 0.0697. The summed E-state index contributed by atoms with van der Waals surface area (Å²) in [4.78, 5) is 10.7. The number of thioether (sulfide) groups is 1. The molecule has 114 valence electrons. The zero-order chi connectivity index (χ0) is 16.0. The number of sulfonamides is 1. The van der Waals surface area contributed by atoms with E-state index >= 15 is 0 Å². The van der Waals surface area contributed by atoms with Gasteiger partial charge in [-0.05, 0) is 12.1 Å². The Bertz CT molecular complexity index is 683. The Kier molecular flexibility index (Phi) is 6.84. The highest BCUT2D eigenvalue weighted by Crippen LogP contribution is 2.30. The number of hydrogen-bond donors (Lipinski definition) is 2. The molecule has 0 aliphatic heterocycles. The van der Waals surface area contributed by atoms with Gasteiger partial charge in [-0.1, -0.05) is 29.1 Å². The predicted molar refractivity (Wildman–Crippen MR) is 84.8 cm³/mol. The number of halogens is 2. The number of carboxylic acid groups (broad SMARTS) is 1. The molecule has 2 N–H and O–H groups in total. The number of terminal acetylenes is 1. The number of carbonyl (C=O) groups is 1. The van der Waals surface area contributed by atoms with Crippen LogP contribution in [0.1, 0.15) is 10.4 Å². The molecule has 1 aromatic rings. The second kappa shape index (κ2) is 7.92. The second-order valence-electron chi connectivity index (χ2n) is 3.69. The molecule has 0 radical (unpaired) electrons. The molecule has 0 bridgehead atoms. The van der Waals surface area contributed by atoms with Crippen molar-refractivity contribution >= 4 is 51.0 Å². The van der Waals surface area contributed by atoms with E-state index in [-0.39, 0.29) is 16.5 Å². The van der Waals surface area contributed by atoms with Crippen molar-refractivity contribution < 1.29 is 18.3 Å². The van der Waals surface area contributed by atoms with Gasteiger partial charge in [0.2, 0.25) is 10.0 Å². The summed E-state index contributed by atoms with van der Waals surface area (Å²) in [6.45, 7) is 0.149. The van der Waals surface area contributed by atoms with Crippen LogP contribution in [0.2, 0.25) is 10.0 Å². The van der Waals surface area contributed by atoms with E-state index in [9.17, 15) is 13.2 Å². The van der Waals surface area contributed by atoms with E-state index in [1.54, 1.807) is 0 Å². The molecule has 0 aliphatic carbocycles. The summed E-state index contributed by atoms with van der Waals surface area (Å²) < 4.78 is 26.5. The Balaban J connectivity index is 2.97. The van der Waals surface area contributed by atoms with E-state index in [1.807, 2.05) is 0 Å². The lowest BCUT2D eigenvalue weighted by atomic mass is 10.2. The fourth-order valence-corrected chi connectivity index (χ4v) is 3.98. The molecule has 9 heteroatoms. The molecule has 0 heterocycles. The predicted octanol–water partition coefficient (Wildman–Crippen LogP) is 2.34. The smallest absolute Gasteiger partial charge is 0.338 e. The molecule has 0 saturated carbocycles. The summed E-state index contributed by atoms with van der Waals surface area (Å²) in [6, 6.07) is 2.34. The molecular weight excluding hydrogens is 357 g/mol. The van der Waals surface area contributed by atoms with Crippen molar-refractivity contribution in [3.8, 4) is 12.3 Å². The van der Waals surface area contributed by atoms with Gasteiger partial charge in [0, 0.05) is 12.3 Å². The van der Waals surface area contributed by atoms with Gasteiger partial charge in [0.25, 0.3) is 0 Å². The molecule has 0 aromatic heterocycles. The molecule has 5 nitrogen and oxygen atoms in total. The van der Waals surface area contributed by atoms with Gasteiger partial charge in [0.1, 0.15) is 4.90 Å². The van der Waals surface area contributed by atoms with E-state index in [1.165, 1.54) is 17.8 Å². The van der Waals surface area contributed by atoms with Gasteiger partial charge in [-0.25, -0.2) is 17.9 Å². The van der Waals surface area contributed by atoms with Gasteiger partial charge >= 0.3 is 5.97 Å². The Morgan fingerprint density at radius 1 is 1.43 bits per heavy atom. The third kappa shape index (κ3) is 4.80. The maximum Gasteiger partial charge on any atom is 0.338 e. The van der Waals surface area contributed by atoms with Crippen LogP contribution in [0, 0.1) is 12.3 Å². The normalized spacial score (nSPS) is 11.1. The molecular formula is C12H11Cl2NO4S2. The highest BCUT2D eigenvalue weighted by atomic mass is 35.5. The monoisotopic (exact) mass is 367 g/mol. The molecule has 0 amide bonds. The van der Waals surface area contributed by atoms with Gasteiger partial charge in [-0.15, -0.1) is 18.2 Å². The van der Waals surface area contributed by atoms with Crippen molar-refractivity contribution in [2.45, 2.75) is 4.90 Å². The van der Waals surface area contributed by atoms with Crippen LogP contribution < -0.4 is 4.72 Å². The van der Waals surface area contributed by atoms with Gasteiger partial charge in [0.15, 0.2) is 0 Å². The lowest BCUT2D eigenvalue weighted by Gasteiger charge is -2.10. The topological polar surface area (TPSA) is 83.5 Å². The Labute approximate surface area is 137 Å². The molecule has 0 unspecified atom stereocenters. The number of carboxylic acids is 1. The standard InChI is InChI=1S/C12H11Cl2NO4S2/c1-2-6-20-7-5-15-21(18,19)9-4-3-8(13)10(11(9)14)12(16)17/h1,3-4,15H,5-7H2,(H,16,17). The number of benzene rings is 1. The van der Waals surface area contributed by atoms with Crippen molar-refractivity contribution in [3.63, 3.8) is 0 Å². The van der Waals surface area contributed by atoms with Crippen LogP contribution >= 0.6 is 35.0 Å². The first kappa shape index (κ1) is 18.1. The van der Waals surface area contributed by atoms with Gasteiger partial charge in [0.05, 0.1) is 21.4 Å². The first-order valence-electron chi connectivity index (χ1n) is 5.53. The Morgan fingerprint density at radius 3 is 2.67 bits per heavy atom. The number of rotatable bonds is 7. The third-order valence-electron chi connectivity index (χ3n) is 2.28. The molecule has 0 aliphatic rings. The SMILES string of the molecule is C#CCSCCNS(=O)(=O)c1ccc(Cl)c(C(=O)O)c1Cl. The van der Waals surface area contributed by atoms with E-state index in [0.29, 0.717) is 11.5 Å². The fraction of sp³-hybridized carbons (Fsp3) is 0.250. The largest absolute Gasteiger partial charge is 0.478 e. The van der Waals surface area contributed by atoms with Crippen LogP contribution in [0.25, 0.3) is 0 Å². The molecule has 1 aromatic carbocycles. The minimum absolute atomic E-state index is 0.129. The fourth-order valence-electron chi connectivity index (χ4n) is 1.39. The van der Waals surface area contributed by atoms with Crippen LogP contribution in [0.15, 0.2) is 17.0 Å². The molecule has 21 heavy (non-hydrogen) atoms. The van der Waals surface area contributed by atoms with E-state index < -0.39 is 26.6 Å². The van der Waals surface area contributed by atoms with Crippen molar-refractivity contribution in [1.29, 1.82) is 0 Å². The first-order chi connectivity index (χ1) is 9.81. The van der Waals surface area contributed by atoms with Crippen LogP contribution in [-0.2, 0) is 10.0 Å². The van der Waals surface area contributed by atoms with Crippen LogP contribution in [-0.4, -0.2) is 37.5 Å². The summed E-state index contributed by atoms with van der Waals surface area (Å²) in [7, 11) is -3.92. The van der Waals surface area contributed by atoms with Crippen LogP contribution in [0.5, 0.6) is 0 Å². The third-order valence-corrected chi connectivity index (χ3v) is 5.47. The minimum Gasteiger partial charge on any atom is -0.478 e. The highest BCUT2D eigenvalue weighted by Gasteiger charge is 2.24. The van der Waals surface area contributed by atoms with Gasteiger partial charge in [-0.3, -0.25) is 0 Å². The lowest BCUT2D eigenvalue weighted by Crippen LogP contribution is -2.26. The zero-order valence-corrected chi connectivity index (χ0v) is 13.7. The number of aromatic carboxylic acids is 1. The molecule has 0 atom stereocenters. The van der Waals surface area contributed by atoms with Crippen LogP contribution in [0.3, 0.4) is 0 Å². The van der Waals surface area contributed by atoms with E-state index in [4.69, 9.17) is 34.7 Å². The molecule has 0 spiro atoms. The van der Waals surface area contributed by atoms with Crippen molar-refractivity contribution in [2.75, 3.05) is 18.1 Å². The van der Waals surface area contributed by atoms with E-state index in [0.717, 1.165) is 6.07 Å². The van der Waals surface area contributed by atoms with Crippen molar-refractivity contribution in [1.82, 2.24) is 4.72 Å². The summed E-state index contributed by atoms with van der Waals surface area (Å²) in [5, 5.41) is 8.46. The van der Waals surface area contributed by atoms with Crippen molar-refractivity contribution in [2.24, 2.45) is 0 Å².